The minimum absolute atomic E-state index is 0.0867. The lowest BCUT2D eigenvalue weighted by Gasteiger charge is -2.07. The Morgan fingerprint density at radius 2 is 2.19 bits per heavy atom. The summed E-state index contributed by atoms with van der Waals surface area (Å²) >= 11 is 0. The maximum atomic E-state index is 11.1. The predicted molar refractivity (Wildman–Crippen MR) is 62.2 cm³/mol. The van der Waals surface area contributed by atoms with Gasteiger partial charge >= 0.3 is 0 Å². The molecule has 0 fully saturated rings. The number of rotatable bonds is 5. The molecule has 0 aromatic carbocycles. The summed E-state index contributed by atoms with van der Waals surface area (Å²) in [5.41, 5.74) is 0.861. The van der Waals surface area contributed by atoms with Gasteiger partial charge in [-0.25, -0.2) is 18.5 Å². The highest BCUT2D eigenvalue weighted by atomic mass is 32.2. The molecule has 0 aliphatic carbocycles. The summed E-state index contributed by atoms with van der Waals surface area (Å²) < 4.78 is 22.1. The van der Waals surface area contributed by atoms with E-state index in [1.54, 1.807) is 6.07 Å². The van der Waals surface area contributed by atoms with E-state index < -0.39 is 10.0 Å². The van der Waals surface area contributed by atoms with Gasteiger partial charge in [-0.2, -0.15) is 0 Å². The normalized spacial score (nSPS) is 12.0. The monoisotopic (exact) mass is 243 g/mol. The first kappa shape index (κ1) is 13.1. The third kappa shape index (κ3) is 4.26. The van der Waals surface area contributed by atoms with Crippen molar-refractivity contribution in [2.24, 2.45) is 11.1 Å². The molecule has 0 saturated heterocycles. The molecule has 0 radical (unpaired) electrons. The third-order valence-electron chi connectivity index (χ3n) is 1.97. The van der Waals surface area contributed by atoms with E-state index >= 15 is 0 Å². The Labute approximate surface area is 96.1 Å². The van der Waals surface area contributed by atoms with Gasteiger partial charge < -0.3 is 5.32 Å². The molecule has 1 heterocycles. The third-order valence-corrected chi connectivity index (χ3v) is 2.78. The SMILES string of the molecule is CC(C)CNCc1ccnc(S(N)(=O)=O)c1. The number of nitrogens with one attached hydrogen (secondary N) is 1. The smallest absolute Gasteiger partial charge is 0.255 e. The molecule has 0 amide bonds. The Morgan fingerprint density at radius 1 is 1.50 bits per heavy atom. The van der Waals surface area contributed by atoms with Crippen molar-refractivity contribution in [1.29, 1.82) is 0 Å². The van der Waals surface area contributed by atoms with E-state index in [0.29, 0.717) is 12.5 Å². The first-order chi connectivity index (χ1) is 7.39. The molecule has 0 bridgehead atoms. The second-order valence-corrected chi connectivity index (χ2v) is 5.58. The van der Waals surface area contributed by atoms with E-state index in [-0.39, 0.29) is 5.03 Å². The number of pyridine rings is 1. The van der Waals surface area contributed by atoms with E-state index in [4.69, 9.17) is 5.14 Å². The zero-order chi connectivity index (χ0) is 12.2. The van der Waals surface area contributed by atoms with Crippen LogP contribution in [0.4, 0.5) is 0 Å². The van der Waals surface area contributed by atoms with Gasteiger partial charge in [-0.1, -0.05) is 13.8 Å². The van der Waals surface area contributed by atoms with E-state index in [2.05, 4.69) is 24.1 Å². The Hall–Kier alpha value is -0.980. The van der Waals surface area contributed by atoms with Crippen molar-refractivity contribution >= 4 is 10.0 Å². The molecule has 0 saturated carbocycles. The lowest BCUT2D eigenvalue weighted by atomic mass is 10.2. The summed E-state index contributed by atoms with van der Waals surface area (Å²) in [4.78, 5) is 3.71. The van der Waals surface area contributed by atoms with E-state index in [9.17, 15) is 8.42 Å². The molecule has 0 unspecified atom stereocenters. The molecular formula is C10H17N3O2S. The van der Waals surface area contributed by atoms with Crippen LogP contribution in [0.3, 0.4) is 0 Å². The highest BCUT2D eigenvalue weighted by Crippen LogP contribution is 2.06. The summed E-state index contributed by atoms with van der Waals surface area (Å²) in [5.74, 6) is 0.555. The first-order valence-corrected chi connectivity index (χ1v) is 6.62. The van der Waals surface area contributed by atoms with Crippen LogP contribution in [0.15, 0.2) is 23.4 Å². The van der Waals surface area contributed by atoms with Crippen molar-refractivity contribution in [3.8, 4) is 0 Å². The molecule has 1 aromatic rings. The summed E-state index contributed by atoms with van der Waals surface area (Å²) in [6.45, 7) is 5.71. The van der Waals surface area contributed by atoms with Crippen LogP contribution in [-0.2, 0) is 16.6 Å². The van der Waals surface area contributed by atoms with Gasteiger partial charge in [-0.05, 0) is 30.2 Å². The zero-order valence-electron chi connectivity index (χ0n) is 9.47. The highest BCUT2D eigenvalue weighted by Gasteiger charge is 2.09. The van der Waals surface area contributed by atoms with Crippen LogP contribution in [0.2, 0.25) is 0 Å². The lowest BCUT2D eigenvalue weighted by Crippen LogP contribution is -2.20. The summed E-state index contributed by atoms with van der Waals surface area (Å²) in [7, 11) is -3.71. The number of hydrogen-bond donors (Lipinski definition) is 2. The molecule has 90 valence electrons. The van der Waals surface area contributed by atoms with Gasteiger partial charge in [0.25, 0.3) is 10.0 Å². The summed E-state index contributed by atoms with van der Waals surface area (Å²) in [6.07, 6.45) is 1.45. The molecule has 6 heteroatoms. The predicted octanol–water partition coefficient (Wildman–Crippen LogP) is 0.475. The van der Waals surface area contributed by atoms with Gasteiger partial charge in [0.1, 0.15) is 0 Å². The zero-order valence-corrected chi connectivity index (χ0v) is 10.3. The van der Waals surface area contributed by atoms with Crippen molar-refractivity contribution in [2.45, 2.75) is 25.4 Å². The first-order valence-electron chi connectivity index (χ1n) is 5.08. The van der Waals surface area contributed by atoms with Crippen LogP contribution in [0.5, 0.6) is 0 Å². The fourth-order valence-electron chi connectivity index (χ4n) is 1.22. The van der Waals surface area contributed by atoms with Gasteiger partial charge in [0.05, 0.1) is 0 Å². The van der Waals surface area contributed by atoms with Gasteiger partial charge in [0.15, 0.2) is 5.03 Å². The number of primary sulfonamides is 1. The molecule has 0 aliphatic heterocycles. The van der Waals surface area contributed by atoms with Crippen LogP contribution in [0.1, 0.15) is 19.4 Å². The van der Waals surface area contributed by atoms with Crippen LogP contribution in [-0.4, -0.2) is 19.9 Å². The van der Waals surface area contributed by atoms with Gasteiger partial charge in [0, 0.05) is 12.7 Å². The van der Waals surface area contributed by atoms with Crippen LogP contribution in [0, 0.1) is 5.92 Å². The molecule has 3 N–H and O–H groups in total. The quantitative estimate of drug-likeness (QED) is 0.787. The van der Waals surface area contributed by atoms with Gasteiger partial charge in [-0.15, -0.1) is 0 Å². The van der Waals surface area contributed by atoms with Crippen LogP contribution >= 0.6 is 0 Å². The molecular weight excluding hydrogens is 226 g/mol. The Bertz CT molecular complexity index is 443. The molecule has 0 atom stereocenters. The number of nitrogens with two attached hydrogens (primary N) is 1. The van der Waals surface area contributed by atoms with E-state index in [1.165, 1.54) is 12.3 Å². The van der Waals surface area contributed by atoms with Crippen molar-refractivity contribution in [3.63, 3.8) is 0 Å². The molecule has 16 heavy (non-hydrogen) atoms. The average Bonchev–Trinajstić information content (AvgIpc) is 2.16. The Morgan fingerprint density at radius 3 is 2.75 bits per heavy atom. The molecule has 0 spiro atoms. The van der Waals surface area contributed by atoms with E-state index in [1.807, 2.05) is 0 Å². The molecule has 5 nitrogen and oxygen atoms in total. The van der Waals surface area contributed by atoms with Crippen LogP contribution < -0.4 is 10.5 Å². The minimum Gasteiger partial charge on any atom is -0.312 e. The van der Waals surface area contributed by atoms with Crippen LogP contribution in [0.25, 0.3) is 0 Å². The minimum atomic E-state index is -3.71. The average molecular weight is 243 g/mol. The lowest BCUT2D eigenvalue weighted by molar-refractivity contribution is 0.551. The number of sulfonamides is 1. The Kier molecular flexibility index (Phi) is 4.40. The molecule has 1 rings (SSSR count). The fourth-order valence-corrected chi connectivity index (χ4v) is 1.74. The van der Waals surface area contributed by atoms with E-state index in [0.717, 1.165) is 12.1 Å². The van der Waals surface area contributed by atoms with Gasteiger partial charge in [-0.3, -0.25) is 0 Å². The standard InChI is InChI=1S/C10H17N3O2S/c1-8(2)6-12-7-9-3-4-13-10(5-9)16(11,14)15/h3-5,8,12H,6-7H2,1-2H3,(H2,11,14,15). The van der Waals surface area contributed by atoms with Crippen molar-refractivity contribution in [3.05, 3.63) is 23.9 Å². The second-order valence-electron chi connectivity index (χ2n) is 4.07. The number of hydrogen-bond acceptors (Lipinski definition) is 4. The maximum Gasteiger partial charge on any atom is 0.255 e. The largest absolute Gasteiger partial charge is 0.312 e. The molecule has 1 aromatic heterocycles. The highest BCUT2D eigenvalue weighted by molar-refractivity contribution is 7.89. The fraction of sp³-hybridized carbons (Fsp3) is 0.500. The molecule has 0 aliphatic rings. The van der Waals surface area contributed by atoms with Crippen molar-refractivity contribution in [2.75, 3.05) is 6.54 Å². The summed E-state index contributed by atoms with van der Waals surface area (Å²) in [6, 6.07) is 3.25. The number of nitrogens with zero attached hydrogens (tertiary/aromatic N) is 1. The van der Waals surface area contributed by atoms with Crippen molar-refractivity contribution < 1.29 is 8.42 Å². The van der Waals surface area contributed by atoms with Gasteiger partial charge in [0.2, 0.25) is 0 Å². The second kappa shape index (κ2) is 5.38. The summed E-state index contributed by atoms with van der Waals surface area (Å²) in [5, 5.41) is 8.12. The Balaban J connectivity index is 2.69. The maximum absolute atomic E-state index is 11.1. The number of aromatic nitrogens is 1. The van der Waals surface area contributed by atoms with Crippen molar-refractivity contribution in [1.82, 2.24) is 10.3 Å². The topological polar surface area (TPSA) is 85.1 Å².